The Labute approximate surface area is 143 Å². The second-order valence-electron chi connectivity index (χ2n) is 5.39. The van der Waals surface area contributed by atoms with E-state index >= 15 is 0 Å². The molecule has 3 rings (SSSR count). The van der Waals surface area contributed by atoms with Crippen LogP contribution in [0.25, 0.3) is 0 Å². The average Bonchev–Trinajstić information content (AvgIpc) is 3.15. The molecule has 0 saturated carbocycles. The molecule has 1 heterocycles. The molecule has 23 heavy (non-hydrogen) atoms. The van der Waals surface area contributed by atoms with E-state index in [1.165, 1.54) is 16.9 Å². The number of carbonyl (C=O) groups excluding carboxylic acids is 2. The maximum absolute atomic E-state index is 12.1. The molecule has 0 saturated heterocycles. The minimum Gasteiger partial charge on any atom is -0.349 e. The summed E-state index contributed by atoms with van der Waals surface area (Å²) in [4.78, 5) is 27.8. The quantitative estimate of drug-likeness (QED) is 0.869. The molecule has 1 atom stereocenters. The van der Waals surface area contributed by atoms with Gasteiger partial charge in [-0.2, -0.15) is 0 Å². The summed E-state index contributed by atoms with van der Waals surface area (Å²) in [6.45, 7) is 0. The van der Waals surface area contributed by atoms with Gasteiger partial charge in [0.05, 0.1) is 6.04 Å². The molecule has 0 unspecified atom stereocenters. The number of aryl methyl sites for hydroxylation is 1. The van der Waals surface area contributed by atoms with Crippen LogP contribution in [0.4, 0.5) is 5.13 Å². The molecule has 120 valence electrons. The lowest BCUT2D eigenvalue weighted by molar-refractivity contribution is -0.124. The van der Waals surface area contributed by atoms with Gasteiger partial charge in [0, 0.05) is 29.4 Å². The van der Waals surface area contributed by atoms with Crippen molar-refractivity contribution in [1.29, 1.82) is 0 Å². The number of nitrogens with zero attached hydrogens (tertiary/aromatic N) is 1. The number of halogens is 1. The normalized spacial score (nSPS) is 16.0. The molecule has 0 radical (unpaired) electrons. The fraction of sp³-hybridized carbons (Fsp3) is 0.312. The molecular formula is C16H16ClN3O2S. The van der Waals surface area contributed by atoms with Crippen LogP contribution in [0.15, 0.2) is 29.8 Å². The Kier molecular flexibility index (Phi) is 4.93. The zero-order valence-electron chi connectivity index (χ0n) is 12.3. The Hall–Kier alpha value is -1.92. The number of anilines is 1. The molecule has 5 nitrogen and oxygen atoms in total. The molecule has 1 aromatic carbocycles. The summed E-state index contributed by atoms with van der Waals surface area (Å²) < 4.78 is 0. The lowest BCUT2D eigenvalue weighted by Crippen LogP contribution is -2.28. The molecule has 1 aliphatic rings. The van der Waals surface area contributed by atoms with Gasteiger partial charge in [-0.3, -0.25) is 9.59 Å². The molecule has 7 heteroatoms. The van der Waals surface area contributed by atoms with Crippen LogP contribution in [0, 0.1) is 0 Å². The maximum Gasteiger partial charge on any atom is 0.226 e. The van der Waals surface area contributed by atoms with Crippen molar-refractivity contribution in [2.45, 2.75) is 31.7 Å². The van der Waals surface area contributed by atoms with Crippen molar-refractivity contribution >= 4 is 39.9 Å². The van der Waals surface area contributed by atoms with Crippen LogP contribution < -0.4 is 10.6 Å². The zero-order valence-corrected chi connectivity index (χ0v) is 13.9. The first-order valence-corrected chi connectivity index (χ1v) is 8.64. The number of carbonyl (C=O) groups is 2. The fourth-order valence-corrected chi connectivity index (χ4v) is 3.44. The van der Waals surface area contributed by atoms with E-state index in [0.717, 1.165) is 23.4 Å². The first-order valence-electron chi connectivity index (χ1n) is 7.39. The van der Waals surface area contributed by atoms with Crippen LogP contribution >= 0.6 is 22.9 Å². The van der Waals surface area contributed by atoms with Crippen LogP contribution in [-0.2, 0) is 16.0 Å². The molecule has 2 N–H and O–H groups in total. The van der Waals surface area contributed by atoms with Crippen molar-refractivity contribution in [1.82, 2.24) is 10.3 Å². The highest BCUT2D eigenvalue weighted by Crippen LogP contribution is 2.32. The van der Waals surface area contributed by atoms with Gasteiger partial charge >= 0.3 is 0 Å². The van der Waals surface area contributed by atoms with Crippen molar-refractivity contribution in [2.24, 2.45) is 0 Å². The Morgan fingerprint density at radius 1 is 1.30 bits per heavy atom. The standard InChI is InChI=1S/C16H16ClN3O2S/c17-11-2-3-12-10(9-11)1-4-13(12)19-14(21)5-6-15(22)20-16-18-7-8-23-16/h2-3,7-9,13H,1,4-6H2,(H,19,21)(H,18,20,22)/t13-/m0/s1. The van der Waals surface area contributed by atoms with E-state index in [1.807, 2.05) is 18.2 Å². The number of rotatable bonds is 5. The highest BCUT2D eigenvalue weighted by atomic mass is 35.5. The van der Waals surface area contributed by atoms with Gasteiger partial charge < -0.3 is 10.6 Å². The van der Waals surface area contributed by atoms with E-state index in [4.69, 9.17) is 11.6 Å². The lowest BCUT2D eigenvalue weighted by Gasteiger charge is -2.14. The summed E-state index contributed by atoms with van der Waals surface area (Å²) in [6.07, 6.45) is 3.71. The van der Waals surface area contributed by atoms with Gasteiger partial charge in [0.1, 0.15) is 0 Å². The number of amides is 2. The predicted octanol–water partition coefficient (Wildman–Crippen LogP) is 3.32. The first-order chi connectivity index (χ1) is 11.1. The van der Waals surface area contributed by atoms with E-state index < -0.39 is 0 Å². The number of hydrogen-bond donors (Lipinski definition) is 2. The van der Waals surface area contributed by atoms with Crippen LogP contribution in [0.1, 0.15) is 36.4 Å². The molecule has 1 aromatic heterocycles. The van der Waals surface area contributed by atoms with Gasteiger partial charge in [-0.15, -0.1) is 11.3 Å². The number of benzene rings is 1. The molecule has 2 amide bonds. The SMILES string of the molecule is O=C(CCC(=O)N[C@H]1CCc2cc(Cl)ccc21)Nc1nccs1. The molecule has 0 aliphatic heterocycles. The van der Waals surface area contributed by atoms with Gasteiger partial charge in [0.15, 0.2) is 5.13 Å². The highest BCUT2D eigenvalue weighted by molar-refractivity contribution is 7.13. The van der Waals surface area contributed by atoms with Crippen LogP contribution in [-0.4, -0.2) is 16.8 Å². The number of aromatic nitrogens is 1. The minimum absolute atomic E-state index is 0.0109. The first kappa shape index (κ1) is 16.0. The third kappa shape index (κ3) is 4.09. The van der Waals surface area contributed by atoms with Crippen LogP contribution in [0.3, 0.4) is 0 Å². The van der Waals surface area contributed by atoms with Crippen molar-refractivity contribution in [3.8, 4) is 0 Å². The Bertz CT molecular complexity index is 718. The lowest BCUT2D eigenvalue weighted by atomic mass is 10.1. The van der Waals surface area contributed by atoms with Gasteiger partial charge in [-0.25, -0.2) is 4.98 Å². The molecule has 0 fully saturated rings. The van der Waals surface area contributed by atoms with E-state index in [1.54, 1.807) is 11.6 Å². The molecular weight excluding hydrogens is 334 g/mol. The fourth-order valence-electron chi connectivity index (χ4n) is 2.70. The Balaban J connectivity index is 1.48. The number of hydrogen-bond acceptors (Lipinski definition) is 4. The molecule has 0 spiro atoms. The van der Waals surface area contributed by atoms with Crippen molar-refractivity contribution < 1.29 is 9.59 Å². The molecule has 1 aliphatic carbocycles. The maximum atomic E-state index is 12.1. The van der Waals surface area contributed by atoms with Gasteiger partial charge in [0.25, 0.3) is 0 Å². The van der Waals surface area contributed by atoms with Crippen molar-refractivity contribution in [2.75, 3.05) is 5.32 Å². The van der Waals surface area contributed by atoms with Crippen LogP contribution in [0.2, 0.25) is 5.02 Å². The monoisotopic (exact) mass is 349 g/mol. The second-order valence-corrected chi connectivity index (χ2v) is 6.72. The number of thiazole rings is 1. The highest BCUT2D eigenvalue weighted by Gasteiger charge is 2.24. The smallest absolute Gasteiger partial charge is 0.226 e. The third-order valence-corrected chi connectivity index (χ3v) is 4.70. The van der Waals surface area contributed by atoms with E-state index in [2.05, 4.69) is 15.6 Å². The number of nitrogens with one attached hydrogen (secondary N) is 2. The minimum atomic E-state index is -0.200. The van der Waals surface area contributed by atoms with Crippen molar-refractivity contribution in [3.63, 3.8) is 0 Å². The largest absolute Gasteiger partial charge is 0.349 e. The predicted molar refractivity (Wildman–Crippen MR) is 90.6 cm³/mol. The average molecular weight is 350 g/mol. The summed E-state index contributed by atoms with van der Waals surface area (Å²) in [5.74, 6) is -0.319. The van der Waals surface area contributed by atoms with E-state index in [9.17, 15) is 9.59 Å². The Morgan fingerprint density at radius 3 is 2.91 bits per heavy atom. The van der Waals surface area contributed by atoms with Gasteiger partial charge in [0.2, 0.25) is 11.8 Å². The van der Waals surface area contributed by atoms with Crippen molar-refractivity contribution in [3.05, 3.63) is 45.9 Å². The topological polar surface area (TPSA) is 71.1 Å². The summed E-state index contributed by atoms with van der Waals surface area (Å²) in [5, 5.41) is 8.71. The summed E-state index contributed by atoms with van der Waals surface area (Å²) in [6, 6.07) is 5.76. The van der Waals surface area contributed by atoms with Gasteiger partial charge in [-0.1, -0.05) is 17.7 Å². The second kappa shape index (κ2) is 7.10. The molecule has 0 bridgehead atoms. The van der Waals surface area contributed by atoms with Crippen LogP contribution in [0.5, 0.6) is 0 Å². The van der Waals surface area contributed by atoms with E-state index in [-0.39, 0.29) is 30.7 Å². The summed E-state index contributed by atoms with van der Waals surface area (Å²) >= 11 is 7.33. The van der Waals surface area contributed by atoms with Gasteiger partial charge in [-0.05, 0) is 36.1 Å². The Morgan fingerprint density at radius 2 is 2.13 bits per heavy atom. The molecule has 2 aromatic rings. The number of fused-ring (bicyclic) bond motifs is 1. The summed E-state index contributed by atoms with van der Waals surface area (Å²) in [5.41, 5.74) is 2.30. The summed E-state index contributed by atoms with van der Waals surface area (Å²) in [7, 11) is 0. The zero-order chi connectivity index (χ0) is 16.2. The third-order valence-electron chi connectivity index (χ3n) is 3.78. The van der Waals surface area contributed by atoms with E-state index in [0.29, 0.717) is 5.13 Å².